The van der Waals surface area contributed by atoms with Crippen molar-refractivity contribution in [3.05, 3.63) is 27.9 Å². The number of anilines is 1. The van der Waals surface area contributed by atoms with E-state index in [2.05, 4.69) is 10.3 Å². The molecule has 0 aromatic carbocycles. The van der Waals surface area contributed by atoms with Gasteiger partial charge >= 0.3 is 5.69 Å². The van der Waals surface area contributed by atoms with Crippen LogP contribution in [0.5, 0.6) is 0 Å². The summed E-state index contributed by atoms with van der Waals surface area (Å²) in [5.41, 5.74) is -0.0349. The molecule has 1 atom stereocenters. The van der Waals surface area contributed by atoms with Crippen LogP contribution in [0.25, 0.3) is 0 Å². The number of nitrogens with one attached hydrogen (secondary N) is 1. The number of nitro groups is 1. The molecule has 0 aliphatic heterocycles. The van der Waals surface area contributed by atoms with Gasteiger partial charge in [-0.2, -0.15) is 5.26 Å². The van der Waals surface area contributed by atoms with E-state index in [-0.39, 0.29) is 23.1 Å². The van der Waals surface area contributed by atoms with Gasteiger partial charge in [-0.05, 0) is 6.42 Å². The topological polar surface area (TPSA) is 101 Å². The Hall–Kier alpha value is -2.20. The van der Waals surface area contributed by atoms with E-state index in [4.69, 9.17) is 10.00 Å². The lowest BCUT2D eigenvalue weighted by Crippen LogP contribution is -2.25. The van der Waals surface area contributed by atoms with E-state index in [0.29, 0.717) is 6.61 Å². The van der Waals surface area contributed by atoms with Crippen LogP contribution in [0.3, 0.4) is 0 Å². The van der Waals surface area contributed by atoms with Crippen LogP contribution >= 0.6 is 0 Å². The lowest BCUT2D eigenvalue weighted by Gasteiger charge is -2.17. The van der Waals surface area contributed by atoms with Gasteiger partial charge in [0.1, 0.15) is 6.07 Å². The van der Waals surface area contributed by atoms with E-state index < -0.39 is 4.92 Å². The Morgan fingerprint density at radius 2 is 2.42 bits per heavy atom. The second-order valence-electron chi connectivity index (χ2n) is 4.05. The highest BCUT2D eigenvalue weighted by Gasteiger charge is 2.19. The van der Waals surface area contributed by atoms with Gasteiger partial charge in [0, 0.05) is 19.4 Å². The van der Waals surface area contributed by atoms with Crippen LogP contribution in [0, 0.1) is 21.4 Å². The minimum absolute atomic E-state index is 0.0471. The summed E-state index contributed by atoms with van der Waals surface area (Å²) < 4.78 is 5.06. The quantitative estimate of drug-likeness (QED) is 0.597. The van der Waals surface area contributed by atoms with E-state index in [1.807, 2.05) is 13.0 Å². The fourth-order valence-corrected chi connectivity index (χ4v) is 1.70. The first kappa shape index (κ1) is 14.9. The van der Waals surface area contributed by atoms with Crippen molar-refractivity contribution >= 4 is 11.5 Å². The molecule has 0 saturated carbocycles. The van der Waals surface area contributed by atoms with Gasteiger partial charge in [0.15, 0.2) is 0 Å². The van der Waals surface area contributed by atoms with E-state index in [1.165, 1.54) is 12.3 Å². The van der Waals surface area contributed by atoms with Gasteiger partial charge < -0.3 is 10.1 Å². The number of aromatic nitrogens is 1. The maximum atomic E-state index is 11.0. The normalized spacial score (nSPS) is 11.6. The highest BCUT2D eigenvalue weighted by molar-refractivity contribution is 5.58. The number of methoxy groups -OCH3 is 1. The zero-order valence-corrected chi connectivity index (χ0v) is 10.9. The lowest BCUT2D eigenvalue weighted by molar-refractivity contribution is -0.384. The minimum atomic E-state index is -0.550. The molecule has 0 amide bonds. The van der Waals surface area contributed by atoms with Crippen LogP contribution in [0.4, 0.5) is 11.5 Å². The van der Waals surface area contributed by atoms with Crippen molar-refractivity contribution in [3.63, 3.8) is 0 Å². The van der Waals surface area contributed by atoms with Crippen LogP contribution < -0.4 is 5.32 Å². The third-order valence-corrected chi connectivity index (χ3v) is 2.54. The van der Waals surface area contributed by atoms with Crippen LogP contribution in [0.2, 0.25) is 0 Å². The number of pyridine rings is 1. The minimum Gasteiger partial charge on any atom is -0.383 e. The van der Waals surface area contributed by atoms with Crippen molar-refractivity contribution in [1.29, 1.82) is 5.26 Å². The van der Waals surface area contributed by atoms with Crippen molar-refractivity contribution in [1.82, 2.24) is 4.98 Å². The highest BCUT2D eigenvalue weighted by atomic mass is 16.6. The zero-order valence-electron chi connectivity index (χ0n) is 10.9. The first-order chi connectivity index (χ1) is 9.12. The SMILES string of the molecule is CCCC(COC)Nc1ncc(C#N)cc1[N+](=O)[O-]. The third kappa shape index (κ3) is 4.19. The molecule has 0 saturated heterocycles. The Morgan fingerprint density at radius 3 is 2.95 bits per heavy atom. The summed E-state index contributed by atoms with van der Waals surface area (Å²) in [6.45, 7) is 2.46. The van der Waals surface area contributed by atoms with Gasteiger partial charge in [0.05, 0.1) is 23.1 Å². The average Bonchev–Trinajstić information content (AvgIpc) is 2.39. The van der Waals surface area contributed by atoms with Gasteiger partial charge in [0.2, 0.25) is 5.82 Å². The van der Waals surface area contributed by atoms with Crippen LogP contribution in [-0.4, -0.2) is 29.7 Å². The van der Waals surface area contributed by atoms with Crippen LogP contribution in [0.1, 0.15) is 25.3 Å². The van der Waals surface area contributed by atoms with Gasteiger partial charge in [-0.3, -0.25) is 10.1 Å². The van der Waals surface area contributed by atoms with E-state index in [1.54, 1.807) is 7.11 Å². The molecule has 0 spiro atoms. The molecule has 1 N–H and O–H groups in total. The molecule has 0 aliphatic carbocycles. The standard InChI is InChI=1S/C12H16N4O3/c1-3-4-10(8-19-2)15-12-11(16(17)18)5-9(6-13)7-14-12/h5,7,10H,3-4,8H2,1-2H3,(H,14,15). The molecule has 0 fully saturated rings. The maximum Gasteiger partial charge on any atom is 0.312 e. The fraction of sp³-hybridized carbons (Fsp3) is 0.500. The summed E-state index contributed by atoms with van der Waals surface area (Å²) in [5.74, 6) is 0.166. The molecule has 0 bridgehead atoms. The number of nitriles is 1. The Bertz CT molecular complexity index is 478. The van der Waals surface area contributed by atoms with Crippen molar-refractivity contribution in [3.8, 4) is 6.07 Å². The molecular formula is C12H16N4O3. The van der Waals surface area contributed by atoms with E-state index in [9.17, 15) is 10.1 Å². The third-order valence-electron chi connectivity index (χ3n) is 2.54. The molecular weight excluding hydrogens is 248 g/mol. The van der Waals surface area contributed by atoms with Gasteiger partial charge in [-0.25, -0.2) is 4.98 Å². The highest BCUT2D eigenvalue weighted by Crippen LogP contribution is 2.23. The van der Waals surface area contributed by atoms with E-state index in [0.717, 1.165) is 12.8 Å². The Kier molecular flexibility index (Phi) is 5.70. The number of hydrogen-bond acceptors (Lipinski definition) is 6. The molecule has 1 heterocycles. The number of ether oxygens (including phenoxy) is 1. The Morgan fingerprint density at radius 1 is 1.68 bits per heavy atom. The molecule has 1 unspecified atom stereocenters. The summed E-state index contributed by atoms with van der Waals surface area (Å²) in [5, 5.41) is 22.7. The molecule has 102 valence electrons. The average molecular weight is 264 g/mol. The largest absolute Gasteiger partial charge is 0.383 e. The molecule has 19 heavy (non-hydrogen) atoms. The number of rotatable bonds is 7. The Labute approximate surface area is 111 Å². The Balaban J connectivity index is 2.98. The molecule has 1 aromatic heterocycles. The zero-order chi connectivity index (χ0) is 14.3. The number of hydrogen-bond donors (Lipinski definition) is 1. The summed E-state index contributed by atoms with van der Waals surface area (Å²) in [6, 6.07) is 3.00. The molecule has 0 aliphatic rings. The summed E-state index contributed by atoms with van der Waals surface area (Å²) in [7, 11) is 1.57. The first-order valence-corrected chi connectivity index (χ1v) is 5.92. The lowest BCUT2D eigenvalue weighted by atomic mass is 10.1. The molecule has 1 aromatic rings. The second-order valence-corrected chi connectivity index (χ2v) is 4.05. The summed E-state index contributed by atoms with van der Waals surface area (Å²) >= 11 is 0. The van der Waals surface area contributed by atoms with Crippen LogP contribution in [0.15, 0.2) is 12.3 Å². The monoisotopic (exact) mass is 264 g/mol. The van der Waals surface area contributed by atoms with Crippen molar-refractivity contribution in [2.75, 3.05) is 19.0 Å². The smallest absolute Gasteiger partial charge is 0.312 e. The van der Waals surface area contributed by atoms with E-state index >= 15 is 0 Å². The van der Waals surface area contributed by atoms with Crippen molar-refractivity contribution in [2.24, 2.45) is 0 Å². The predicted molar refractivity (Wildman–Crippen MR) is 69.8 cm³/mol. The maximum absolute atomic E-state index is 11.0. The van der Waals surface area contributed by atoms with Crippen molar-refractivity contribution < 1.29 is 9.66 Å². The summed E-state index contributed by atoms with van der Waals surface area (Å²) in [6.07, 6.45) is 3.04. The summed E-state index contributed by atoms with van der Waals surface area (Å²) in [4.78, 5) is 14.4. The van der Waals surface area contributed by atoms with Crippen LogP contribution in [-0.2, 0) is 4.74 Å². The fourth-order valence-electron chi connectivity index (χ4n) is 1.70. The second kappa shape index (κ2) is 7.28. The first-order valence-electron chi connectivity index (χ1n) is 5.92. The molecule has 7 nitrogen and oxygen atoms in total. The molecule has 7 heteroatoms. The van der Waals surface area contributed by atoms with Crippen molar-refractivity contribution in [2.45, 2.75) is 25.8 Å². The molecule has 1 rings (SSSR count). The molecule has 0 radical (unpaired) electrons. The van der Waals surface area contributed by atoms with Gasteiger partial charge in [-0.15, -0.1) is 0 Å². The predicted octanol–water partition coefficient (Wildman–Crippen LogP) is 2.09. The van der Waals surface area contributed by atoms with Gasteiger partial charge in [-0.1, -0.05) is 13.3 Å². The van der Waals surface area contributed by atoms with Gasteiger partial charge in [0.25, 0.3) is 0 Å². The number of nitrogens with zero attached hydrogens (tertiary/aromatic N) is 3.